The molecule has 2 nitrogen and oxygen atoms in total. The van der Waals surface area contributed by atoms with E-state index in [1.165, 1.54) is 57.8 Å². The van der Waals surface area contributed by atoms with Gasteiger partial charge in [-0.2, -0.15) is 0 Å². The minimum Gasteiger partial charge on any atom is -0.481 e. The molecule has 30 heavy (non-hydrogen) atoms. The Morgan fingerprint density at radius 3 is 2.10 bits per heavy atom. The number of benzene rings is 2. The lowest BCUT2D eigenvalue weighted by Gasteiger charge is -2.15. The van der Waals surface area contributed by atoms with Crippen molar-refractivity contribution in [3.8, 4) is 0 Å². The predicted octanol–water partition coefficient (Wildman–Crippen LogP) is 8.66. The number of unbranched alkanes of at least 4 members (excludes halogenated alkanes) is 10. The first kappa shape index (κ1) is 24.2. The van der Waals surface area contributed by atoms with Gasteiger partial charge in [-0.3, -0.25) is 4.79 Å². The van der Waals surface area contributed by atoms with Crippen molar-refractivity contribution in [3.05, 3.63) is 60.2 Å². The maximum Gasteiger partial charge on any atom is 0.310 e. The summed E-state index contributed by atoms with van der Waals surface area (Å²) in [6, 6.07) is 14.1. The molecule has 0 aliphatic carbocycles. The molecule has 1 N–H and O–H groups in total. The van der Waals surface area contributed by atoms with Crippen LogP contribution in [0, 0.1) is 0 Å². The van der Waals surface area contributed by atoms with Gasteiger partial charge in [0.1, 0.15) is 0 Å². The monoisotopic (exact) mass is 408 g/mol. The van der Waals surface area contributed by atoms with Crippen molar-refractivity contribution in [2.24, 2.45) is 0 Å². The number of allylic oxidation sites excluding steroid dienone is 2. The fraction of sp³-hybridized carbons (Fsp3) is 0.536. The highest BCUT2D eigenvalue weighted by atomic mass is 16.4. The molecule has 0 fully saturated rings. The zero-order chi connectivity index (χ0) is 21.4. The average Bonchev–Trinajstić information content (AvgIpc) is 2.76. The standard InChI is InChI=1S/C28H40O2/c1-2-3-4-5-6-7-8-9-10-11-12-13-14-15-22-27(28(29)30)26-23-18-20-24-19-16-17-21-25(24)26/h9-10,16-21,23,27H,2-8,11-15,22H2,1H3,(H,29,30)/b10-9-. The Hall–Kier alpha value is -2.09. The first-order valence-corrected chi connectivity index (χ1v) is 12.1. The largest absolute Gasteiger partial charge is 0.481 e. The first-order valence-electron chi connectivity index (χ1n) is 12.1. The molecule has 1 atom stereocenters. The number of carbonyl (C=O) groups is 1. The summed E-state index contributed by atoms with van der Waals surface area (Å²) in [6.45, 7) is 2.26. The van der Waals surface area contributed by atoms with Crippen LogP contribution in [0.5, 0.6) is 0 Å². The first-order chi connectivity index (χ1) is 14.7. The van der Waals surface area contributed by atoms with Crippen LogP contribution in [0.4, 0.5) is 0 Å². The maximum absolute atomic E-state index is 11.9. The third kappa shape index (κ3) is 8.73. The van der Waals surface area contributed by atoms with Gasteiger partial charge in [0.2, 0.25) is 0 Å². The Morgan fingerprint density at radius 2 is 1.40 bits per heavy atom. The lowest BCUT2D eigenvalue weighted by Crippen LogP contribution is -2.12. The van der Waals surface area contributed by atoms with Crippen LogP contribution in [-0.4, -0.2) is 11.1 Å². The summed E-state index contributed by atoms with van der Waals surface area (Å²) < 4.78 is 0. The van der Waals surface area contributed by atoms with Gasteiger partial charge < -0.3 is 5.11 Å². The zero-order valence-electron chi connectivity index (χ0n) is 18.8. The van der Waals surface area contributed by atoms with Crippen LogP contribution in [0.3, 0.4) is 0 Å². The van der Waals surface area contributed by atoms with Crippen LogP contribution < -0.4 is 0 Å². The van der Waals surface area contributed by atoms with Gasteiger partial charge in [0.15, 0.2) is 0 Å². The normalized spacial score (nSPS) is 12.6. The third-order valence-electron chi connectivity index (χ3n) is 6.00. The molecule has 2 aromatic rings. The summed E-state index contributed by atoms with van der Waals surface area (Å²) in [5.74, 6) is -1.11. The highest BCUT2D eigenvalue weighted by molar-refractivity contribution is 5.90. The van der Waals surface area contributed by atoms with Crippen LogP contribution in [0.15, 0.2) is 54.6 Å². The van der Waals surface area contributed by atoms with Crippen LogP contribution in [0.2, 0.25) is 0 Å². The summed E-state index contributed by atoms with van der Waals surface area (Å²) in [5, 5.41) is 12.0. The van der Waals surface area contributed by atoms with Crippen LogP contribution in [-0.2, 0) is 4.79 Å². The lowest BCUT2D eigenvalue weighted by molar-refractivity contribution is -0.139. The smallest absolute Gasteiger partial charge is 0.310 e. The molecule has 0 aliphatic rings. The number of hydrogen-bond acceptors (Lipinski definition) is 1. The molecule has 0 heterocycles. The van der Waals surface area contributed by atoms with E-state index < -0.39 is 11.9 Å². The molecule has 2 aromatic carbocycles. The lowest BCUT2D eigenvalue weighted by atomic mass is 9.89. The Balaban J connectivity index is 1.62. The quantitative estimate of drug-likeness (QED) is 0.223. The molecule has 0 aromatic heterocycles. The predicted molar refractivity (Wildman–Crippen MR) is 129 cm³/mol. The molecule has 2 rings (SSSR count). The van der Waals surface area contributed by atoms with Gasteiger partial charge >= 0.3 is 5.97 Å². The van der Waals surface area contributed by atoms with Crippen molar-refractivity contribution in [2.75, 3.05) is 0 Å². The van der Waals surface area contributed by atoms with Gasteiger partial charge in [0, 0.05) is 0 Å². The number of fused-ring (bicyclic) bond motifs is 1. The van der Waals surface area contributed by atoms with E-state index in [4.69, 9.17) is 0 Å². The van der Waals surface area contributed by atoms with Crippen molar-refractivity contribution in [1.82, 2.24) is 0 Å². The van der Waals surface area contributed by atoms with E-state index in [1.807, 2.05) is 30.3 Å². The average molecular weight is 409 g/mol. The van der Waals surface area contributed by atoms with Gasteiger partial charge in [-0.15, -0.1) is 0 Å². The van der Waals surface area contributed by atoms with E-state index in [1.54, 1.807) is 0 Å². The Kier molecular flexibility index (Phi) is 11.9. The van der Waals surface area contributed by atoms with Crippen molar-refractivity contribution in [1.29, 1.82) is 0 Å². The maximum atomic E-state index is 11.9. The fourth-order valence-electron chi connectivity index (χ4n) is 4.21. The highest BCUT2D eigenvalue weighted by Crippen LogP contribution is 2.30. The number of hydrogen-bond donors (Lipinski definition) is 1. The zero-order valence-corrected chi connectivity index (χ0v) is 18.8. The summed E-state index contributed by atoms with van der Waals surface area (Å²) in [6.07, 6.45) is 20.4. The molecule has 0 amide bonds. The third-order valence-corrected chi connectivity index (χ3v) is 6.00. The second kappa shape index (κ2) is 14.8. The van der Waals surface area contributed by atoms with Crippen molar-refractivity contribution in [2.45, 2.75) is 96.3 Å². The summed E-state index contributed by atoms with van der Waals surface area (Å²) in [4.78, 5) is 11.9. The molecule has 0 saturated heterocycles. The van der Waals surface area contributed by atoms with E-state index in [2.05, 4.69) is 31.2 Å². The summed E-state index contributed by atoms with van der Waals surface area (Å²) in [5.41, 5.74) is 0.957. The van der Waals surface area contributed by atoms with Crippen molar-refractivity contribution < 1.29 is 9.90 Å². The van der Waals surface area contributed by atoms with Crippen LogP contribution >= 0.6 is 0 Å². The topological polar surface area (TPSA) is 37.3 Å². The Labute approximate surface area is 183 Å². The Bertz CT molecular complexity index is 757. The molecule has 164 valence electrons. The van der Waals surface area contributed by atoms with E-state index in [9.17, 15) is 9.90 Å². The van der Waals surface area contributed by atoms with Gasteiger partial charge in [-0.25, -0.2) is 0 Å². The molecule has 0 spiro atoms. The van der Waals surface area contributed by atoms with Crippen molar-refractivity contribution in [3.63, 3.8) is 0 Å². The molecule has 0 radical (unpaired) electrons. The number of carboxylic acids is 1. The second-order valence-corrected chi connectivity index (χ2v) is 8.48. The van der Waals surface area contributed by atoms with Gasteiger partial charge in [-0.05, 0) is 48.4 Å². The van der Waals surface area contributed by atoms with E-state index in [0.29, 0.717) is 0 Å². The van der Waals surface area contributed by atoms with E-state index in [-0.39, 0.29) is 0 Å². The number of aliphatic carboxylic acids is 1. The van der Waals surface area contributed by atoms with Gasteiger partial charge in [0.25, 0.3) is 0 Å². The van der Waals surface area contributed by atoms with Crippen LogP contribution in [0.25, 0.3) is 10.8 Å². The van der Waals surface area contributed by atoms with Gasteiger partial charge in [0.05, 0.1) is 5.92 Å². The van der Waals surface area contributed by atoms with E-state index in [0.717, 1.165) is 42.0 Å². The number of rotatable bonds is 16. The summed E-state index contributed by atoms with van der Waals surface area (Å²) in [7, 11) is 0. The molecule has 0 bridgehead atoms. The molecule has 1 unspecified atom stereocenters. The summed E-state index contributed by atoms with van der Waals surface area (Å²) >= 11 is 0. The Morgan fingerprint density at radius 1 is 0.800 bits per heavy atom. The minimum atomic E-state index is -0.705. The van der Waals surface area contributed by atoms with Gasteiger partial charge in [-0.1, -0.05) is 113 Å². The molecular formula is C28H40O2. The van der Waals surface area contributed by atoms with Crippen molar-refractivity contribution >= 4 is 16.7 Å². The minimum absolute atomic E-state index is 0.409. The molecular weight excluding hydrogens is 368 g/mol. The fourth-order valence-corrected chi connectivity index (χ4v) is 4.21. The molecule has 2 heteroatoms. The molecule has 0 aliphatic heterocycles. The molecule has 0 saturated carbocycles. The van der Waals surface area contributed by atoms with Crippen LogP contribution in [0.1, 0.15) is 102 Å². The SMILES string of the molecule is CCCCCCCC/C=C\CCCCCCC(C(=O)O)c1cccc2ccccc12. The number of carboxylic acid groups (broad SMARTS) is 1. The second-order valence-electron chi connectivity index (χ2n) is 8.48. The van der Waals surface area contributed by atoms with E-state index >= 15 is 0 Å². The highest BCUT2D eigenvalue weighted by Gasteiger charge is 2.21.